The van der Waals surface area contributed by atoms with Gasteiger partial charge in [0.25, 0.3) is 5.56 Å². The summed E-state index contributed by atoms with van der Waals surface area (Å²) in [6.07, 6.45) is 1.79. The topological polar surface area (TPSA) is 22.0 Å². The van der Waals surface area contributed by atoms with Crippen LogP contribution in [0.25, 0.3) is 0 Å². The van der Waals surface area contributed by atoms with Crippen molar-refractivity contribution in [3.8, 4) is 0 Å². The lowest BCUT2D eigenvalue weighted by Gasteiger charge is -1.92. The molecule has 0 aliphatic heterocycles. The van der Waals surface area contributed by atoms with E-state index in [4.69, 9.17) is 0 Å². The lowest BCUT2D eigenvalue weighted by atomic mass is 10.3. The van der Waals surface area contributed by atoms with E-state index < -0.39 is 0 Å². The molecule has 3 heteroatoms. The van der Waals surface area contributed by atoms with E-state index in [0.29, 0.717) is 0 Å². The lowest BCUT2D eigenvalue weighted by molar-refractivity contribution is 1.17. The summed E-state index contributed by atoms with van der Waals surface area (Å²) in [4.78, 5) is 10.7. The zero-order valence-corrected chi connectivity index (χ0v) is 7.12. The normalized spacial score (nSPS) is 9.56. The predicted octanol–water partition coefficient (Wildman–Crippen LogP) is 1.35. The monoisotopic (exact) mass is 235 g/mol. The molecule has 0 spiro atoms. The summed E-state index contributed by atoms with van der Waals surface area (Å²) in [5, 5.41) is 0. The van der Waals surface area contributed by atoms with Crippen molar-refractivity contribution in [2.24, 2.45) is 0 Å². The van der Waals surface area contributed by atoms with Crippen molar-refractivity contribution in [2.75, 3.05) is 0 Å². The van der Waals surface area contributed by atoms with Gasteiger partial charge in [0.1, 0.15) is 0 Å². The third kappa shape index (κ3) is 1.54. The van der Waals surface area contributed by atoms with E-state index in [0.717, 1.165) is 5.56 Å². The van der Waals surface area contributed by atoms with Crippen LogP contribution in [0.15, 0.2) is 23.1 Å². The lowest BCUT2D eigenvalue weighted by Crippen LogP contribution is -2.08. The van der Waals surface area contributed by atoms with Crippen molar-refractivity contribution in [1.29, 1.82) is 0 Å². The highest BCUT2D eigenvalue weighted by Crippen LogP contribution is 1.93. The molecule has 0 amide bonds. The van der Waals surface area contributed by atoms with E-state index in [1.165, 1.54) is 2.78 Å². The standard InChI is InChI=1S/C6H6INO/c1-5-2-3-6(9)8(7)4-5/h2-4H,1H3. The van der Waals surface area contributed by atoms with Gasteiger partial charge in [0.15, 0.2) is 0 Å². The van der Waals surface area contributed by atoms with Crippen LogP contribution in [0.2, 0.25) is 0 Å². The fraction of sp³-hybridized carbons (Fsp3) is 0.167. The molecular formula is C6H6INO. The molecule has 1 rings (SSSR count). The summed E-state index contributed by atoms with van der Waals surface area (Å²) in [5.74, 6) is 0. The van der Waals surface area contributed by atoms with Crippen molar-refractivity contribution >= 4 is 22.9 Å². The molecule has 1 heterocycles. The van der Waals surface area contributed by atoms with Gasteiger partial charge in [-0.1, -0.05) is 6.07 Å². The largest absolute Gasteiger partial charge is 0.269 e. The number of nitrogens with zero attached hydrogens (tertiary/aromatic N) is 1. The maximum atomic E-state index is 10.7. The molecule has 48 valence electrons. The highest BCUT2D eigenvalue weighted by atomic mass is 127. The fourth-order valence-electron chi connectivity index (χ4n) is 0.559. The van der Waals surface area contributed by atoms with Gasteiger partial charge in [0.2, 0.25) is 0 Å². The van der Waals surface area contributed by atoms with E-state index in [1.807, 2.05) is 29.8 Å². The Labute approximate surface area is 67.0 Å². The van der Waals surface area contributed by atoms with E-state index in [2.05, 4.69) is 0 Å². The van der Waals surface area contributed by atoms with Crippen LogP contribution >= 0.6 is 22.9 Å². The zero-order valence-electron chi connectivity index (χ0n) is 4.97. The molecule has 1 aromatic heterocycles. The Morgan fingerprint density at radius 3 is 2.67 bits per heavy atom. The average molecular weight is 235 g/mol. The quantitative estimate of drug-likeness (QED) is 0.622. The van der Waals surface area contributed by atoms with Gasteiger partial charge in [-0.3, -0.25) is 7.58 Å². The number of aromatic nitrogens is 1. The smallest absolute Gasteiger partial charge is 0.259 e. The average Bonchev–Trinajstić information content (AvgIpc) is 1.80. The first kappa shape index (κ1) is 6.80. The van der Waals surface area contributed by atoms with E-state index >= 15 is 0 Å². The minimum Gasteiger partial charge on any atom is -0.269 e. The maximum absolute atomic E-state index is 10.7. The Morgan fingerprint density at radius 2 is 2.22 bits per heavy atom. The van der Waals surface area contributed by atoms with E-state index in [-0.39, 0.29) is 5.56 Å². The van der Waals surface area contributed by atoms with Crippen molar-refractivity contribution in [3.05, 3.63) is 34.2 Å². The Hall–Kier alpha value is -0.320. The van der Waals surface area contributed by atoms with Crippen LogP contribution in [0.3, 0.4) is 0 Å². The van der Waals surface area contributed by atoms with Gasteiger partial charge in [-0.05, 0) is 12.5 Å². The van der Waals surface area contributed by atoms with Crippen LogP contribution in [0, 0.1) is 6.92 Å². The minimum absolute atomic E-state index is 0.0289. The second kappa shape index (κ2) is 2.51. The number of aryl methyl sites for hydroxylation is 1. The summed E-state index contributed by atoms with van der Waals surface area (Å²) in [6, 6.07) is 3.36. The molecule has 0 aliphatic rings. The van der Waals surface area contributed by atoms with Crippen molar-refractivity contribution in [2.45, 2.75) is 6.92 Å². The van der Waals surface area contributed by atoms with Crippen LogP contribution in [0.1, 0.15) is 5.56 Å². The van der Waals surface area contributed by atoms with E-state index in [1.54, 1.807) is 18.3 Å². The van der Waals surface area contributed by atoms with Crippen LogP contribution in [-0.2, 0) is 0 Å². The number of hydrogen-bond acceptors (Lipinski definition) is 1. The number of hydrogen-bond donors (Lipinski definition) is 0. The van der Waals surface area contributed by atoms with Crippen LogP contribution in [0.5, 0.6) is 0 Å². The van der Waals surface area contributed by atoms with Gasteiger partial charge in [-0.15, -0.1) is 0 Å². The number of halogens is 1. The van der Waals surface area contributed by atoms with Gasteiger partial charge in [-0.2, -0.15) is 0 Å². The molecule has 0 bridgehead atoms. The predicted molar refractivity (Wildman–Crippen MR) is 44.9 cm³/mol. The SMILES string of the molecule is Cc1ccc(=O)n(I)c1. The van der Waals surface area contributed by atoms with Crippen LogP contribution in [0.4, 0.5) is 0 Å². The highest BCUT2D eigenvalue weighted by Gasteiger charge is 1.87. The molecule has 0 N–H and O–H groups in total. The molecule has 0 saturated heterocycles. The molecule has 0 aliphatic carbocycles. The minimum atomic E-state index is 0.0289. The first-order valence-corrected chi connectivity index (χ1v) is 3.52. The summed E-state index contributed by atoms with van der Waals surface area (Å²) in [5.41, 5.74) is 1.13. The molecule has 0 atom stereocenters. The van der Waals surface area contributed by atoms with Gasteiger partial charge in [0.05, 0.1) is 22.9 Å². The molecular weight excluding hydrogens is 229 g/mol. The van der Waals surface area contributed by atoms with Gasteiger partial charge < -0.3 is 0 Å². The van der Waals surface area contributed by atoms with Crippen LogP contribution in [-0.4, -0.2) is 2.78 Å². The third-order valence-electron chi connectivity index (χ3n) is 1.02. The third-order valence-corrected chi connectivity index (χ3v) is 1.77. The molecule has 9 heavy (non-hydrogen) atoms. The van der Waals surface area contributed by atoms with Gasteiger partial charge in [0, 0.05) is 12.3 Å². The molecule has 0 unspecified atom stereocenters. The molecule has 0 aromatic carbocycles. The Kier molecular flexibility index (Phi) is 1.90. The van der Waals surface area contributed by atoms with Gasteiger partial charge >= 0.3 is 0 Å². The number of pyridine rings is 1. The highest BCUT2D eigenvalue weighted by molar-refractivity contribution is 14.1. The fourth-order valence-corrected chi connectivity index (χ4v) is 1.16. The van der Waals surface area contributed by atoms with Gasteiger partial charge in [-0.25, -0.2) is 0 Å². The zero-order chi connectivity index (χ0) is 6.85. The first-order chi connectivity index (χ1) is 4.20. The number of rotatable bonds is 0. The molecule has 1 aromatic rings. The molecule has 2 nitrogen and oxygen atoms in total. The summed E-state index contributed by atoms with van der Waals surface area (Å²) in [7, 11) is 0. The summed E-state index contributed by atoms with van der Waals surface area (Å²) in [6.45, 7) is 1.95. The second-order valence-corrected chi connectivity index (χ2v) is 2.90. The first-order valence-electron chi connectivity index (χ1n) is 2.55. The summed E-state index contributed by atoms with van der Waals surface area (Å²) < 4.78 is 1.53. The maximum Gasteiger partial charge on any atom is 0.259 e. The Balaban J connectivity index is 3.34. The Bertz CT molecular complexity index is 266. The molecule has 0 saturated carbocycles. The second-order valence-electron chi connectivity index (χ2n) is 1.86. The van der Waals surface area contributed by atoms with Crippen LogP contribution < -0.4 is 5.56 Å². The molecule has 0 fully saturated rings. The molecule has 0 radical (unpaired) electrons. The van der Waals surface area contributed by atoms with Crippen molar-refractivity contribution < 1.29 is 0 Å². The summed E-state index contributed by atoms with van der Waals surface area (Å²) >= 11 is 1.95. The Morgan fingerprint density at radius 1 is 1.56 bits per heavy atom. The van der Waals surface area contributed by atoms with Crippen molar-refractivity contribution in [3.63, 3.8) is 0 Å². The van der Waals surface area contributed by atoms with E-state index in [9.17, 15) is 4.79 Å². The van der Waals surface area contributed by atoms with Crippen molar-refractivity contribution in [1.82, 2.24) is 2.78 Å².